The van der Waals surface area contributed by atoms with E-state index in [1.807, 2.05) is 31.2 Å². The fourth-order valence-corrected chi connectivity index (χ4v) is 3.15. The van der Waals surface area contributed by atoms with Gasteiger partial charge in [0.2, 0.25) is 11.8 Å². The van der Waals surface area contributed by atoms with Crippen LogP contribution in [0.15, 0.2) is 42.5 Å². The first kappa shape index (κ1) is 17.3. The highest BCUT2D eigenvalue weighted by molar-refractivity contribution is 6.33. The van der Waals surface area contributed by atoms with Gasteiger partial charge < -0.3 is 15.0 Å². The summed E-state index contributed by atoms with van der Waals surface area (Å²) in [5, 5.41) is 3.31. The number of carbonyl (C=O) groups is 2. The van der Waals surface area contributed by atoms with E-state index in [9.17, 15) is 9.59 Å². The maximum Gasteiger partial charge on any atom is 0.229 e. The van der Waals surface area contributed by atoms with Gasteiger partial charge >= 0.3 is 0 Å². The zero-order chi connectivity index (χ0) is 18.0. The van der Waals surface area contributed by atoms with Crippen molar-refractivity contribution in [3.63, 3.8) is 0 Å². The summed E-state index contributed by atoms with van der Waals surface area (Å²) < 4.78 is 5.19. The van der Waals surface area contributed by atoms with Crippen molar-refractivity contribution in [1.29, 1.82) is 0 Å². The van der Waals surface area contributed by atoms with Gasteiger partial charge in [-0.25, -0.2) is 0 Å². The van der Waals surface area contributed by atoms with E-state index in [4.69, 9.17) is 16.3 Å². The second-order valence-electron chi connectivity index (χ2n) is 6.08. The van der Waals surface area contributed by atoms with Gasteiger partial charge in [0.05, 0.1) is 23.7 Å². The van der Waals surface area contributed by atoms with Crippen molar-refractivity contribution in [2.45, 2.75) is 13.3 Å². The molecule has 6 heteroatoms. The van der Waals surface area contributed by atoms with Gasteiger partial charge in [0.1, 0.15) is 5.75 Å². The Balaban J connectivity index is 1.72. The molecule has 1 aliphatic rings. The number of anilines is 2. The Morgan fingerprint density at radius 1 is 1.28 bits per heavy atom. The number of aryl methyl sites for hydroxylation is 1. The Morgan fingerprint density at radius 2 is 2.08 bits per heavy atom. The molecule has 5 nitrogen and oxygen atoms in total. The third kappa shape index (κ3) is 3.77. The van der Waals surface area contributed by atoms with Gasteiger partial charge in [-0.05, 0) is 36.8 Å². The van der Waals surface area contributed by atoms with Crippen molar-refractivity contribution < 1.29 is 14.3 Å². The van der Waals surface area contributed by atoms with Gasteiger partial charge in [-0.15, -0.1) is 0 Å². The van der Waals surface area contributed by atoms with Crippen molar-refractivity contribution in [1.82, 2.24) is 0 Å². The standard InChI is InChI=1S/C19H19ClN2O3/c1-12-6-7-17(16(20)8-12)21-19(24)13-9-18(23)22(11-13)14-4-3-5-15(10-14)25-2/h3-8,10,13H,9,11H2,1-2H3,(H,21,24). The van der Waals surface area contributed by atoms with E-state index < -0.39 is 5.92 Å². The summed E-state index contributed by atoms with van der Waals surface area (Å²) in [5.74, 6) is -0.0337. The zero-order valence-corrected chi connectivity index (χ0v) is 14.8. The van der Waals surface area contributed by atoms with Crippen LogP contribution < -0.4 is 15.0 Å². The minimum atomic E-state index is -0.420. The molecule has 1 heterocycles. The second kappa shape index (κ2) is 7.15. The van der Waals surface area contributed by atoms with Crippen molar-refractivity contribution in [3.05, 3.63) is 53.1 Å². The van der Waals surface area contributed by atoms with Crippen molar-refractivity contribution in [3.8, 4) is 5.75 Å². The van der Waals surface area contributed by atoms with Crippen LogP contribution in [-0.4, -0.2) is 25.5 Å². The quantitative estimate of drug-likeness (QED) is 0.907. The highest BCUT2D eigenvalue weighted by Gasteiger charge is 2.35. The zero-order valence-electron chi connectivity index (χ0n) is 14.1. The number of amides is 2. The molecule has 0 aromatic heterocycles. The van der Waals surface area contributed by atoms with Crippen LogP contribution in [0.2, 0.25) is 5.02 Å². The van der Waals surface area contributed by atoms with Gasteiger partial charge in [-0.2, -0.15) is 0 Å². The third-order valence-corrected chi connectivity index (χ3v) is 4.56. The molecule has 2 aromatic carbocycles. The van der Waals surface area contributed by atoms with E-state index in [2.05, 4.69) is 5.32 Å². The molecule has 1 saturated heterocycles. The van der Waals surface area contributed by atoms with Crippen LogP contribution in [0.1, 0.15) is 12.0 Å². The molecule has 0 aliphatic carbocycles. The van der Waals surface area contributed by atoms with Crippen LogP contribution >= 0.6 is 11.6 Å². The Bertz CT molecular complexity index is 822. The Labute approximate surface area is 151 Å². The molecule has 3 rings (SSSR count). The first-order valence-corrected chi connectivity index (χ1v) is 8.37. The monoisotopic (exact) mass is 358 g/mol. The molecule has 2 amide bonds. The normalized spacial score (nSPS) is 16.8. The summed E-state index contributed by atoms with van der Waals surface area (Å²) in [6, 6.07) is 12.7. The molecular formula is C19H19ClN2O3. The highest BCUT2D eigenvalue weighted by atomic mass is 35.5. The first-order valence-electron chi connectivity index (χ1n) is 7.99. The lowest BCUT2D eigenvalue weighted by molar-refractivity contribution is -0.122. The number of rotatable bonds is 4. The Kier molecular flexibility index (Phi) is 4.95. The van der Waals surface area contributed by atoms with Crippen LogP contribution in [0.25, 0.3) is 0 Å². The molecule has 0 spiro atoms. The number of benzene rings is 2. The van der Waals surface area contributed by atoms with Crippen molar-refractivity contribution in [2.75, 3.05) is 23.9 Å². The van der Waals surface area contributed by atoms with Gasteiger partial charge in [-0.3, -0.25) is 9.59 Å². The van der Waals surface area contributed by atoms with Gasteiger partial charge in [0.25, 0.3) is 0 Å². The molecule has 0 radical (unpaired) electrons. The number of methoxy groups -OCH3 is 1. The molecule has 1 fully saturated rings. The number of ether oxygens (including phenoxy) is 1. The summed E-state index contributed by atoms with van der Waals surface area (Å²) in [7, 11) is 1.58. The number of halogens is 1. The van der Waals surface area contributed by atoms with Crippen LogP contribution in [-0.2, 0) is 9.59 Å². The van der Waals surface area contributed by atoms with Crippen LogP contribution in [0.5, 0.6) is 5.75 Å². The molecule has 0 bridgehead atoms. The summed E-state index contributed by atoms with van der Waals surface area (Å²) in [6.07, 6.45) is 0.173. The van der Waals surface area contributed by atoms with E-state index in [1.54, 1.807) is 30.2 Å². The largest absolute Gasteiger partial charge is 0.497 e. The Morgan fingerprint density at radius 3 is 2.80 bits per heavy atom. The SMILES string of the molecule is COc1cccc(N2CC(C(=O)Nc3ccc(C)cc3Cl)CC2=O)c1. The molecule has 2 aromatic rings. The summed E-state index contributed by atoms with van der Waals surface area (Å²) in [5.41, 5.74) is 2.31. The molecule has 1 unspecified atom stereocenters. The molecule has 1 N–H and O–H groups in total. The molecule has 0 saturated carbocycles. The average Bonchev–Trinajstić information content (AvgIpc) is 2.99. The topological polar surface area (TPSA) is 58.6 Å². The molecular weight excluding hydrogens is 340 g/mol. The van der Waals surface area contributed by atoms with E-state index >= 15 is 0 Å². The van der Waals surface area contributed by atoms with E-state index in [-0.39, 0.29) is 18.2 Å². The maximum absolute atomic E-state index is 12.5. The summed E-state index contributed by atoms with van der Waals surface area (Å²) in [6.45, 7) is 2.26. The molecule has 1 aliphatic heterocycles. The van der Waals surface area contributed by atoms with Crippen LogP contribution in [0, 0.1) is 12.8 Å². The lowest BCUT2D eigenvalue weighted by atomic mass is 10.1. The van der Waals surface area contributed by atoms with Crippen LogP contribution in [0.4, 0.5) is 11.4 Å². The summed E-state index contributed by atoms with van der Waals surface area (Å²) in [4.78, 5) is 26.5. The number of nitrogens with zero attached hydrogens (tertiary/aromatic N) is 1. The maximum atomic E-state index is 12.5. The second-order valence-corrected chi connectivity index (χ2v) is 6.49. The van der Waals surface area contributed by atoms with Crippen molar-refractivity contribution in [2.24, 2.45) is 5.92 Å². The predicted octanol–water partition coefficient (Wildman–Crippen LogP) is 3.65. The lowest BCUT2D eigenvalue weighted by Gasteiger charge is -2.17. The number of hydrogen-bond donors (Lipinski definition) is 1. The average molecular weight is 359 g/mol. The minimum Gasteiger partial charge on any atom is -0.497 e. The number of carbonyl (C=O) groups excluding carboxylic acids is 2. The molecule has 1 atom stereocenters. The van der Waals surface area contributed by atoms with Gasteiger partial charge in [0.15, 0.2) is 0 Å². The smallest absolute Gasteiger partial charge is 0.229 e. The fraction of sp³-hybridized carbons (Fsp3) is 0.263. The van der Waals surface area contributed by atoms with E-state index in [0.29, 0.717) is 23.0 Å². The lowest BCUT2D eigenvalue weighted by Crippen LogP contribution is -2.28. The van der Waals surface area contributed by atoms with E-state index in [0.717, 1.165) is 11.3 Å². The minimum absolute atomic E-state index is 0.0802. The number of hydrogen-bond acceptors (Lipinski definition) is 3. The Hall–Kier alpha value is -2.53. The number of nitrogens with one attached hydrogen (secondary N) is 1. The first-order chi connectivity index (χ1) is 12.0. The predicted molar refractivity (Wildman–Crippen MR) is 98.3 cm³/mol. The van der Waals surface area contributed by atoms with Crippen LogP contribution in [0.3, 0.4) is 0 Å². The molecule has 130 valence electrons. The molecule has 25 heavy (non-hydrogen) atoms. The van der Waals surface area contributed by atoms with Gasteiger partial charge in [-0.1, -0.05) is 23.7 Å². The highest BCUT2D eigenvalue weighted by Crippen LogP contribution is 2.29. The van der Waals surface area contributed by atoms with Crippen molar-refractivity contribution >= 4 is 34.8 Å². The third-order valence-electron chi connectivity index (χ3n) is 4.24. The summed E-state index contributed by atoms with van der Waals surface area (Å²) >= 11 is 6.16. The van der Waals surface area contributed by atoms with E-state index in [1.165, 1.54) is 0 Å². The van der Waals surface area contributed by atoms with Gasteiger partial charge in [0, 0.05) is 24.7 Å². The fourth-order valence-electron chi connectivity index (χ4n) is 2.87.